The number of aryl methyl sites for hydroxylation is 1. The fourth-order valence-electron chi connectivity index (χ4n) is 2.16. The highest BCUT2D eigenvalue weighted by molar-refractivity contribution is 7.11. The van der Waals surface area contributed by atoms with Crippen LogP contribution in [-0.2, 0) is 0 Å². The Hall–Kier alpha value is -1.63. The van der Waals surface area contributed by atoms with E-state index in [-0.39, 0.29) is 5.91 Å². The molecule has 7 heteroatoms. The zero-order chi connectivity index (χ0) is 17.1. The maximum Gasteiger partial charge on any atom is 0.263 e. The molecule has 1 aromatic heterocycles. The summed E-state index contributed by atoms with van der Waals surface area (Å²) in [5, 5.41) is 9.47. The molecule has 1 amide bonds. The van der Waals surface area contributed by atoms with Gasteiger partial charge in [-0.05, 0) is 20.3 Å². The first-order valence-electron chi connectivity index (χ1n) is 8.24. The molecule has 1 unspecified atom stereocenters. The molecule has 0 aliphatic carbocycles. The van der Waals surface area contributed by atoms with Crippen molar-refractivity contribution >= 4 is 23.2 Å². The van der Waals surface area contributed by atoms with Crippen LogP contribution in [0.5, 0.6) is 0 Å². The van der Waals surface area contributed by atoms with Gasteiger partial charge in [0.1, 0.15) is 4.88 Å². The minimum Gasteiger partial charge on any atom is -0.355 e. The number of aromatic nitrogens is 1. The van der Waals surface area contributed by atoms with E-state index < -0.39 is 0 Å². The minimum absolute atomic E-state index is 0.0670. The molecule has 0 fully saturated rings. The summed E-state index contributed by atoms with van der Waals surface area (Å²) in [5.41, 5.74) is 2.47. The van der Waals surface area contributed by atoms with Crippen molar-refractivity contribution < 1.29 is 4.79 Å². The Morgan fingerprint density at radius 2 is 2.09 bits per heavy atom. The van der Waals surface area contributed by atoms with Crippen molar-refractivity contribution in [2.75, 3.05) is 20.1 Å². The lowest BCUT2D eigenvalue weighted by atomic mass is 10.1. The summed E-state index contributed by atoms with van der Waals surface area (Å²) in [6.07, 6.45) is 4.86. The maximum atomic E-state index is 12.0. The standard InChI is InChI=1S/C16H29N5OS/c1-5-6-7-8-12(2)21-16(17-4)19-10-9-18-15(22)14-13(3)20-11-23-14/h11-12H,5-10H2,1-4H3,(H,18,22)(H2,17,19,21). The average molecular weight is 340 g/mol. The smallest absolute Gasteiger partial charge is 0.263 e. The number of aliphatic imine (C=N–C) groups is 1. The monoisotopic (exact) mass is 339 g/mol. The second kappa shape index (κ2) is 11.0. The molecule has 1 heterocycles. The van der Waals surface area contributed by atoms with Crippen LogP contribution < -0.4 is 16.0 Å². The SMILES string of the molecule is CCCCCC(C)NC(=NC)NCCNC(=O)c1scnc1C. The molecular weight excluding hydrogens is 310 g/mol. The maximum absolute atomic E-state index is 12.0. The molecule has 0 saturated carbocycles. The van der Waals surface area contributed by atoms with Crippen LogP contribution in [-0.4, -0.2) is 43.0 Å². The average Bonchev–Trinajstić information content (AvgIpc) is 2.96. The predicted octanol–water partition coefficient (Wildman–Crippen LogP) is 2.32. The molecule has 23 heavy (non-hydrogen) atoms. The van der Waals surface area contributed by atoms with Crippen LogP contribution in [0.2, 0.25) is 0 Å². The Kier molecular flexibility index (Phi) is 9.28. The van der Waals surface area contributed by atoms with Crippen LogP contribution in [0.15, 0.2) is 10.5 Å². The molecule has 0 spiro atoms. The third kappa shape index (κ3) is 7.45. The summed E-state index contributed by atoms with van der Waals surface area (Å²) >= 11 is 1.36. The number of nitrogens with zero attached hydrogens (tertiary/aromatic N) is 2. The molecule has 1 rings (SSSR count). The predicted molar refractivity (Wildman–Crippen MR) is 97.3 cm³/mol. The number of amides is 1. The first-order chi connectivity index (χ1) is 11.1. The number of carbonyl (C=O) groups is 1. The zero-order valence-electron chi connectivity index (χ0n) is 14.6. The summed E-state index contributed by atoms with van der Waals surface area (Å²) < 4.78 is 0. The third-order valence-corrected chi connectivity index (χ3v) is 4.43. The van der Waals surface area contributed by atoms with Crippen molar-refractivity contribution in [3.8, 4) is 0 Å². The number of unbranched alkanes of at least 4 members (excludes halogenated alkanes) is 2. The molecule has 0 saturated heterocycles. The largest absolute Gasteiger partial charge is 0.355 e. The van der Waals surface area contributed by atoms with Crippen LogP contribution in [0.25, 0.3) is 0 Å². The normalized spacial score (nSPS) is 12.8. The molecule has 3 N–H and O–H groups in total. The van der Waals surface area contributed by atoms with Crippen molar-refractivity contribution in [3.63, 3.8) is 0 Å². The highest BCUT2D eigenvalue weighted by Gasteiger charge is 2.10. The molecule has 0 aliphatic rings. The lowest BCUT2D eigenvalue weighted by molar-refractivity contribution is 0.0957. The first kappa shape index (κ1) is 19.4. The number of nitrogens with one attached hydrogen (secondary N) is 3. The Morgan fingerprint density at radius 1 is 1.35 bits per heavy atom. The van der Waals surface area contributed by atoms with Gasteiger partial charge in [0.2, 0.25) is 0 Å². The highest BCUT2D eigenvalue weighted by atomic mass is 32.1. The number of guanidine groups is 1. The van der Waals surface area contributed by atoms with Gasteiger partial charge in [-0.25, -0.2) is 4.98 Å². The van der Waals surface area contributed by atoms with Gasteiger partial charge in [0, 0.05) is 26.2 Å². The number of rotatable bonds is 9. The van der Waals surface area contributed by atoms with Gasteiger partial charge in [0.05, 0.1) is 11.2 Å². The van der Waals surface area contributed by atoms with Gasteiger partial charge < -0.3 is 16.0 Å². The van der Waals surface area contributed by atoms with Crippen LogP contribution in [0, 0.1) is 6.92 Å². The van der Waals surface area contributed by atoms with Crippen molar-refractivity contribution in [3.05, 3.63) is 16.1 Å². The van der Waals surface area contributed by atoms with Crippen molar-refractivity contribution in [2.45, 2.75) is 52.5 Å². The Morgan fingerprint density at radius 3 is 2.70 bits per heavy atom. The van der Waals surface area contributed by atoms with E-state index in [1.165, 1.54) is 30.6 Å². The summed E-state index contributed by atoms with van der Waals surface area (Å²) in [4.78, 5) is 20.9. The minimum atomic E-state index is -0.0670. The van der Waals surface area contributed by atoms with Crippen molar-refractivity contribution in [1.82, 2.24) is 20.9 Å². The zero-order valence-corrected chi connectivity index (χ0v) is 15.4. The van der Waals surface area contributed by atoms with E-state index in [9.17, 15) is 4.79 Å². The van der Waals surface area contributed by atoms with Gasteiger partial charge in [-0.3, -0.25) is 9.79 Å². The molecule has 1 atom stereocenters. The van der Waals surface area contributed by atoms with E-state index >= 15 is 0 Å². The molecule has 0 bridgehead atoms. The van der Waals surface area contributed by atoms with Gasteiger partial charge in [-0.1, -0.05) is 26.2 Å². The number of hydrogen-bond donors (Lipinski definition) is 3. The van der Waals surface area contributed by atoms with Gasteiger partial charge in [-0.15, -0.1) is 11.3 Å². The Labute approximate surface area is 143 Å². The van der Waals surface area contributed by atoms with Crippen LogP contribution >= 0.6 is 11.3 Å². The molecule has 0 aromatic carbocycles. The van der Waals surface area contributed by atoms with Gasteiger partial charge >= 0.3 is 0 Å². The molecule has 1 aromatic rings. The fourth-order valence-corrected chi connectivity index (χ4v) is 2.88. The molecule has 6 nitrogen and oxygen atoms in total. The second-order valence-corrected chi connectivity index (χ2v) is 6.42. The van der Waals surface area contributed by atoms with Crippen molar-refractivity contribution in [1.29, 1.82) is 0 Å². The van der Waals surface area contributed by atoms with Crippen molar-refractivity contribution in [2.24, 2.45) is 4.99 Å². The van der Waals surface area contributed by atoms with E-state index in [0.717, 1.165) is 18.1 Å². The lowest BCUT2D eigenvalue weighted by Crippen LogP contribution is -2.44. The Bertz CT molecular complexity index is 500. The first-order valence-corrected chi connectivity index (χ1v) is 9.11. The summed E-state index contributed by atoms with van der Waals surface area (Å²) in [6, 6.07) is 0.391. The molecular formula is C16H29N5OS. The lowest BCUT2D eigenvalue weighted by Gasteiger charge is -2.18. The van der Waals surface area contributed by atoms with E-state index in [1.54, 1.807) is 12.6 Å². The van der Waals surface area contributed by atoms with Crippen LogP contribution in [0.1, 0.15) is 54.9 Å². The topological polar surface area (TPSA) is 78.4 Å². The Balaban J connectivity index is 2.22. The van der Waals surface area contributed by atoms with E-state index in [2.05, 4.69) is 39.8 Å². The van der Waals surface area contributed by atoms with Gasteiger partial charge in [0.25, 0.3) is 5.91 Å². The molecule has 0 radical (unpaired) electrons. The summed E-state index contributed by atoms with van der Waals surface area (Å²) in [6.45, 7) is 7.39. The quantitative estimate of drug-likeness (QED) is 0.366. The van der Waals surface area contributed by atoms with Crippen LogP contribution in [0.4, 0.5) is 0 Å². The van der Waals surface area contributed by atoms with E-state index in [1.807, 2.05) is 6.92 Å². The second-order valence-electron chi connectivity index (χ2n) is 5.56. The number of hydrogen-bond acceptors (Lipinski definition) is 4. The fraction of sp³-hybridized carbons (Fsp3) is 0.688. The van der Waals surface area contributed by atoms with Gasteiger partial charge in [-0.2, -0.15) is 0 Å². The number of carbonyl (C=O) groups excluding carboxylic acids is 1. The van der Waals surface area contributed by atoms with Crippen LogP contribution in [0.3, 0.4) is 0 Å². The van der Waals surface area contributed by atoms with E-state index in [4.69, 9.17) is 0 Å². The molecule has 0 aliphatic heterocycles. The molecule has 130 valence electrons. The van der Waals surface area contributed by atoms with E-state index in [0.29, 0.717) is 24.0 Å². The van der Waals surface area contributed by atoms with Gasteiger partial charge in [0.15, 0.2) is 5.96 Å². The third-order valence-electron chi connectivity index (χ3n) is 3.50. The highest BCUT2D eigenvalue weighted by Crippen LogP contribution is 2.11. The summed E-state index contributed by atoms with van der Waals surface area (Å²) in [7, 11) is 1.76. The summed E-state index contributed by atoms with van der Waals surface area (Å²) in [5.74, 6) is 0.708. The number of thiazole rings is 1.